The van der Waals surface area contributed by atoms with Crippen molar-refractivity contribution in [2.45, 2.75) is 12.7 Å². The maximum absolute atomic E-state index is 13.2. The van der Waals surface area contributed by atoms with Crippen LogP contribution >= 0.6 is 12.6 Å². The minimum Gasteiger partial charge on any atom is -0.288 e. The molecule has 2 aromatic rings. The van der Waals surface area contributed by atoms with Crippen LogP contribution in [0.4, 0.5) is 8.78 Å². The van der Waals surface area contributed by atoms with Gasteiger partial charge in [-0.15, -0.1) is 0 Å². The molecule has 0 saturated heterocycles. The van der Waals surface area contributed by atoms with Gasteiger partial charge in [-0.05, 0) is 19.1 Å². The minimum absolute atomic E-state index is 0.183. The molecule has 0 amide bonds. The van der Waals surface area contributed by atoms with Gasteiger partial charge in [-0.2, -0.15) is 17.7 Å². The average Bonchev–Trinajstić information content (AvgIpc) is 2.33. The van der Waals surface area contributed by atoms with Gasteiger partial charge in [-0.1, -0.05) is 0 Å². The molecule has 1 aromatic heterocycles. The van der Waals surface area contributed by atoms with Crippen LogP contribution in [0.25, 0.3) is 5.69 Å². The number of halogens is 2. The Bertz CT molecular complexity index is 655. The molecule has 0 aliphatic heterocycles. The number of hydrogen-bond donors (Lipinski definition) is 1. The van der Waals surface area contributed by atoms with E-state index in [1.165, 1.54) is 16.8 Å². The van der Waals surface area contributed by atoms with Gasteiger partial charge in [-0.3, -0.25) is 4.79 Å². The molecule has 94 valence electrons. The van der Waals surface area contributed by atoms with Crippen LogP contribution in [0.1, 0.15) is 11.4 Å². The molecule has 1 aromatic carbocycles. The first-order chi connectivity index (χ1) is 8.52. The largest absolute Gasteiger partial charge is 0.288 e. The fourth-order valence-corrected chi connectivity index (χ4v) is 1.79. The molecule has 0 spiro atoms. The monoisotopic (exact) mass is 268 g/mol. The molecule has 0 atom stereocenters. The first kappa shape index (κ1) is 12.8. The Balaban J connectivity index is 2.63. The maximum atomic E-state index is 13.2. The van der Waals surface area contributed by atoms with E-state index in [9.17, 15) is 13.6 Å². The second kappa shape index (κ2) is 4.89. The molecule has 0 unspecified atom stereocenters. The summed E-state index contributed by atoms with van der Waals surface area (Å²) < 4.78 is 27.4. The first-order valence-corrected chi connectivity index (χ1v) is 5.82. The van der Waals surface area contributed by atoms with Gasteiger partial charge in [0.2, 0.25) is 5.43 Å². The summed E-state index contributed by atoms with van der Waals surface area (Å²) in [5.74, 6) is -1.70. The number of rotatable bonds is 2. The van der Waals surface area contributed by atoms with Crippen LogP contribution < -0.4 is 5.43 Å². The molecule has 0 N–H and O–H groups in total. The molecule has 0 saturated carbocycles. The highest BCUT2D eigenvalue weighted by Crippen LogP contribution is 2.13. The van der Waals surface area contributed by atoms with Crippen molar-refractivity contribution in [3.05, 3.63) is 57.5 Å². The molecule has 0 radical (unpaired) electrons. The number of aromatic nitrogens is 2. The lowest BCUT2D eigenvalue weighted by Crippen LogP contribution is -2.17. The van der Waals surface area contributed by atoms with Crippen LogP contribution in [-0.4, -0.2) is 9.78 Å². The van der Waals surface area contributed by atoms with E-state index in [1.54, 1.807) is 6.92 Å². The highest BCUT2D eigenvalue weighted by molar-refractivity contribution is 7.79. The fraction of sp³-hybridized carbons (Fsp3) is 0.167. The standard InChI is InChI=1S/C12H10F2N2OS/c1-7-4-12(17)11(6-18)15-16(7)8-2-3-9(13)10(14)5-8/h2-5,18H,6H2,1H3. The van der Waals surface area contributed by atoms with Crippen molar-refractivity contribution in [3.63, 3.8) is 0 Å². The molecule has 0 aliphatic carbocycles. The Morgan fingerprint density at radius 3 is 2.61 bits per heavy atom. The van der Waals surface area contributed by atoms with Crippen molar-refractivity contribution in [1.82, 2.24) is 9.78 Å². The number of hydrogen-bond acceptors (Lipinski definition) is 3. The van der Waals surface area contributed by atoms with E-state index in [1.807, 2.05) is 0 Å². The molecule has 3 nitrogen and oxygen atoms in total. The number of thiol groups is 1. The first-order valence-electron chi connectivity index (χ1n) is 5.19. The van der Waals surface area contributed by atoms with E-state index in [0.29, 0.717) is 11.4 Å². The molecule has 2 rings (SSSR count). The molecule has 1 heterocycles. The van der Waals surface area contributed by atoms with Crippen molar-refractivity contribution in [1.29, 1.82) is 0 Å². The van der Waals surface area contributed by atoms with Crippen LogP contribution in [0.5, 0.6) is 0 Å². The van der Waals surface area contributed by atoms with Crippen LogP contribution in [-0.2, 0) is 5.75 Å². The van der Waals surface area contributed by atoms with Crippen molar-refractivity contribution in [3.8, 4) is 5.69 Å². The molecule has 0 bridgehead atoms. The smallest absolute Gasteiger partial charge is 0.204 e. The topological polar surface area (TPSA) is 34.9 Å². The summed E-state index contributed by atoms with van der Waals surface area (Å²) in [6.07, 6.45) is 0. The molecular weight excluding hydrogens is 258 g/mol. The fourth-order valence-electron chi connectivity index (χ4n) is 1.57. The second-order valence-electron chi connectivity index (χ2n) is 3.76. The second-order valence-corrected chi connectivity index (χ2v) is 4.08. The van der Waals surface area contributed by atoms with Crippen molar-refractivity contribution in [2.75, 3.05) is 0 Å². The molecule has 0 aliphatic rings. The summed E-state index contributed by atoms with van der Waals surface area (Å²) in [4.78, 5) is 11.5. The third kappa shape index (κ3) is 2.28. The van der Waals surface area contributed by atoms with E-state index >= 15 is 0 Å². The predicted molar refractivity (Wildman–Crippen MR) is 67.2 cm³/mol. The SMILES string of the molecule is Cc1cc(=O)c(CS)nn1-c1ccc(F)c(F)c1. The van der Waals surface area contributed by atoms with Crippen LogP contribution in [0.3, 0.4) is 0 Å². The van der Waals surface area contributed by atoms with Crippen molar-refractivity contribution < 1.29 is 8.78 Å². The molecule has 18 heavy (non-hydrogen) atoms. The van der Waals surface area contributed by atoms with E-state index in [4.69, 9.17) is 0 Å². The van der Waals surface area contributed by atoms with Gasteiger partial charge in [0.1, 0.15) is 5.69 Å². The predicted octanol–water partition coefficient (Wildman–Crippen LogP) is 2.25. The number of benzene rings is 1. The summed E-state index contributed by atoms with van der Waals surface area (Å²) in [7, 11) is 0. The van der Waals surface area contributed by atoms with Gasteiger partial charge < -0.3 is 0 Å². The summed E-state index contributed by atoms with van der Waals surface area (Å²) in [5.41, 5.74) is 0.931. The van der Waals surface area contributed by atoms with Gasteiger partial charge in [0.05, 0.1) is 5.69 Å². The lowest BCUT2D eigenvalue weighted by atomic mass is 10.2. The summed E-state index contributed by atoms with van der Waals surface area (Å²) in [5, 5.41) is 4.07. The number of nitrogens with zero attached hydrogens (tertiary/aromatic N) is 2. The molecular formula is C12H10F2N2OS. The average molecular weight is 268 g/mol. The quantitative estimate of drug-likeness (QED) is 0.848. The molecule has 0 fully saturated rings. The Morgan fingerprint density at radius 1 is 1.28 bits per heavy atom. The van der Waals surface area contributed by atoms with Gasteiger partial charge >= 0.3 is 0 Å². The highest BCUT2D eigenvalue weighted by atomic mass is 32.1. The van der Waals surface area contributed by atoms with Crippen LogP contribution in [0.15, 0.2) is 29.1 Å². The third-order valence-corrected chi connectivity index (χ3v) is 2.78. The third-order valence-electron chi connectivity index (χ3n) is 2.48. The zero-order valence-electron chi connectivity index (χ0n) is 9.52. The summed E-state index contributed by atoms with van der Waals surface area (Å²) in [6.45, 7) is 1.66. The molecule has 6 heteroatoms. The normalized spacial score (nSPS) is 10.7. The Morgan fingerprint density at radius 2 is 2.00 bits per heavy atom. The lowest BCUT2D eigenvalue weighted by Gasteiger charge is -2.10. The minimum atomic E-state index is -0.958. The van der Waals surface area contributed by atoms with E-state index in [2.05, 4.69) is 17.7 Å². The van der Waals surface area contributed by atoms with Gasteiger partial charge in [0.25, 0.3) is 0 Å². The lowest BCUT2D eigenvalue weighted by molar-refractivity contribution is 0.507. The van der Waals surface area contributed by atoms with E-state index in [-0.39, 0.29) is 16.9 Å². The van der Waals surface area contributed by atoms with Crippen LogP contribution in [0, 0.1) is 18.6 Å². The van der Waals surface area contributed by atoms with Crippen LogP contribution in [0.2, 0.25) is 0 Å². The van der Waals surface area contributed by atoms with E-state index < -0.39 is 11.6 Å². The zero-order chi connectivity index (χ0) is 13.3. The summed E-state index contributed by atoms with van der Waals surface area (Å²) >= 11 is 4.00. The Hall–Kier alpha value is -1.69. The maximum Gasteiger partial charge on any atom is 0.204 e. The van der Waals surface area contributed by atoms with Crippen molar-refractivity contribution in [2.24, 2.45) is 0 Å². The Kier molecular flexibility index (Phi) is 3.47. The highest BCUT2D eigenvalue weighted by Gasteiger charge is 2.09. The van der Waals surface area contributed by atoms with Gasteiger partial charge in [0, 0.05) is 23.6 Å². The van der Waals surface area contributed by atoms with Crippen molar-refractivity contribution >= 4 is 12.6 Å². The van der Waals surface area contributed by atoms with Gasteiger partial charge in [-0.25, -0.2) is 13.5 Å². The number of aryl methyl sites for hydroxylation is 1. The Labute approximate surface area is 107 Å². The van der Waals surface area contributed by atoms with Gasteiger partial charge in [0.15, 0.2) is 11.6 Å². The zero-order valence-corrected chi connectivity index (χ0v) is 10.4. The van der Waals surface area contributed by atoms with E-state index in [0.717, 1.165) is 12.1 Å². The summed E-state index contributed by atoms with van der Waals surface area (Å²) in [6, 6.07) is 4.83.